The summed E-state index contributed by atoms with van der Waals surface area (Å²) >= 11 is 3.31. The van der Waals surface area contributed by atoms with E-state index in [0.29, 0.717) is 11.3 Å². The van der Waals surface area contributed by atoms with E-state index < -0.39 is 11.9 Å². The van der Waals surface area contributed by atoms with Crippen molar-refractivity contribution in [2.75, 3.05) is 11.9 Å². The number of benzene rings is 2. The van der Waals surface area contributed by atoms with Crippen LogP contribution in [0.5, 0.6) is 0 Å². The Kier molecular flexibility index (Phi) is 7.09. The number of ketones is 1. The lowest BCUT2D eigenvalue weighted by molar-refractivity contribution is -0.147. The molecule has 136 valence electrons. The molecule has 0 atom stereocenters. The molecule has 2 rings (SSSR count). The van der Waals surface area contributed by atoms with Crippen molar-refractivity contribution in [1.29, 1.82) is 0 Å². The minimum absolute atomic E-state index is 0.0502. The number of nitrogens with one attached hydrogen (secondary N) is 1. The van der Waals surface area contributed by atoms with Gasteiger partial charge in [0.1, 0.15) is 0 Å². The van der Waals surface area contributed by atoms with Crippen LogP contribution in [-0.2, 0) is 14.3 Å². The highest BCUT2D eigenvalue weighted by Crippen LogP contribution is 2.15. The molecule has 0 heterocycles. The van der Waals surface area contributed by atoms with Crippen LogP contribution >= 0.6 is 15.9 Å². The van der Waals surface area contributed by atoms with Crippen LogP contribution in [0.15, 0.2) is 46.9 Å². The van der Waals surface area contributed by atoms with Gasteiger partial charge in [-0.25, -0.2) is 0 Å². The molecule has 0 bridgehead atoms. The molecular weight excluding hydrogens is 398 g/mol. The summed E-state index contributed by atoms with van der Waals surface area (Å²) in [6.45, 7) is 3.52. The van der Waals surface area contributed by atoms with E-state index in [2.05, 4.69) is 21.2 Å². The van der Waals surface area contributed by atoms with Crippen molar-refractivity contribution in [2.45, 2.75) is 26.7 Å². The van der Waals surface area contributed by atoms with Crippen LogP contribution in [0.25, 0.3) is 0 Å². The molecule has 5 nitrogen and oxygen atoms in total. The molecule has 0 unspecified atom stereocenters. The number of carbonyl (C=O) groups is 3. The highest BCUT2D eigenvalue weighted by Gasteiger charge is 2.12. The second-order valence-corrected chi connectivity index (χ2v) is 6.86. The summed E-state index contributed by atoms with van der Waals surface area (Å²) in [6.07, 6.45) is -0.00942. The summed E-state index contributed by atoms with van der Waals surface area (Å²) in [5, 5.41) is 2.63. The Hall–Kier alpha value is -2.47. The fraction of sp³-hybridized carbons (Fsp3) is 0.250. The average molecular weight is 418 g/mol. The monoisotopic (exact) mass is 417 g/mol. The maximum atomic E-state index is 12.1. The lowest BCUT2D eigenvalue weighted by Crippen LogP contribution is -2.21. The van der Waals surface area contributed by atoms with Crippen LogP contribution in [-0.4, -0.2) is 24.3 Å². The Morgan fingerprint density at radius 3 is 2.46 bits per heavy atom. The molecule has 0 spiro atoms. The van der Waals surface area contributed by atoms with Gasteiger partial charge in [-0.15, -0.1) is 0 Å². The normalized spacial score (nSPS) is 10.3. The van der Waals surface area contributed by atoms with Gasteiger partial charge in [0.05, 0.1) is 6.42 Å². The summed E-state index contributed by atoms with van der Waals surface area (Å²) in [5.74, 6) is -1.13. The van der Waals surface area contributed by atoms with Gasteiger partial charge in [0, 0.05) is 22.1 Å². The molecule has 26 heavy (non-hydrogen) atoms. The Morgan fingerprint density at radius 1 is 1.00 bits per heavy atom. The number of amides is 1. The van der Waals surface area contributed by atoms with Gasteiger partial charge in [-0.05, 0) is 49.2 Å². The van der Waals surface area contributed by atoms with Crippen molar-refractivity contribution in [3.63, 3.8) is 0 Å². The lowest BCUT2D eigenvalue weighted by Gasteiger charge is -2.07. The molecule has 1 amide bonds. The molecule has 0 aliphatic carbocycles. The summed E-state index contributed by atoms with van der Waals surface area (Å²) in [7, 11) is 0. The molecule has 0 aliphatic rings. The number of rotatable bonds is 7. The molecular formula is C20H20BrNO4. The van der Waals surface area contributed by atoms with E-state index in [9.17, 15) is 14.4 Å². The summed E-state index contributed by atoms with van der Waals surface area (Å²) in [4.78, 5) is 35.7. The van der Waals surface area contributed by atoms with E-state index in [4.69, 9.17) is 4.74 Å². The molecule has 2 aromatic carbocycles. The van der Waals surface area contributed by atoms with E-state index in [1.807, 2.05) is 32.0 Å². The van der Waals surface area contributed by atoms with Gasteiger partial charge in [-0.1, -0.05) is 34.1 Å². The molecule has 0 fully saturated rings. The first-order valence-electron chi connectivity index (χ1n) is 8.16. The Labute approximate surface area is 160 Å². The number of carbonyl (C=O) groups excluding carboxylic acids is 3. The summed E-state index contributed by atoms with van der Waals surface area (Å²) in [5.41, 5.74) is 3.32. The Morgan fingerprint density at radius 2 is 1.77 bits per heavy atom. The third kappa shape index (κ3) is 6.11. The van der Waals surface area contributed by atoms with Crippen molar-refractivity contribution in [3.05, 3.63) is 63.6 Å². The molecule has 0 saturated heterocycles. The quantitative estimate of drug-likeness (QED) is 0.540. The van der Waals surface area contributed by atoms with Crippen LogP contribution in [0.1, 0.15) is 34.3 Å². The zero-order valence-corrected chi connectivity index (χ0v) is 16.3. The number of halogens is 1. The number of anilines is 1. The molecule has 0 aromatic heterocycles. The number of Topliss-reactive ketones (excluding diaryl/α,β-unsaturated/α-hetero) is 1. The van der Waals surface area contributed by atoms with Crippen LogP contribution in [0.4, 0.5) is 5.69 Å². The molecule has 2 aromatic rings. The molecule has 0 saturated carbocycles. The zero-order chi connectivity index (χ0) is 19.1. The smallest absolute Gasteiger partial charge is 0.306 e. The Balaban J connectivity index is 1.75. The maximum absolute atomic E-state index is 12.1. The third-order valence-electron chi connectivity index (χ3n) is 3.86. The van der Waals surface area contributed by atoms with Gasteiger partial charge in [0.25, 0.3) is 5.91 Å². The predicted octanol–water partition coefficient (Wildman–Crippen LogP) is 4.21. The number of aryl methyl sites for hydroxylation is 2. The summed E-state index contributed by atoms with van der Waals surface area (Å²) in [6, 6.07) is 12.5. The van der Waals surface area contributed by atoms with Gasteiger partial charge < -0.3 is 10.1 Å². The van der Waals surface area contributed by atoms with Crippen LogP contribution < -0.4 is 5.32 Å². The molecule has 0 aliphatic heterocycles. The van der Waals surface area contributed by atoms with E-state index >= 15 is 0 Å². The van der Waals surface area contributed by atoms with Gasteiger partial charge in [-0.3, -0.25) is 14.4 Å². The van der Waals surface area contributed by atoms with Gasteiger partial charge >= 0.3 is 5.97 Å². The van der Waals surface area contributed by atoms with Crippen LogP contribution in [0.3, 0.4) is 0 Å². The molecule has 6 heteroatoms. The van der Waals surface area contributed by atoms with Crippen molar-refractivity contribution < 1.29 is 19.1 Å². The van der Waals surface area contributed by atoms with E-state index in [1.165, 1.54) is 0 Å². The van der Waals surface area contributed by atoms with E-state index in [-0.39, 0.29) is 25.2 Å². The van der Waals surface area contributed by atoms with Crippen molar-refractivity contribution in [1.82, 2.24) is 0 Å². The number of esters is 1. The van der Waals surface area contributed by atoms with Gasteiger partial charge in [0.2, 0.25) is 0 Å². The molecule has 1 N–H and O–H groups in total. The fourth-order valence-electron chi connectivity index (χ4n) is 2.26. The third-order valence-corrected chi connectivity index (χ3v) is 4.35. The van der Waals surface area contributed by atoms with Gasteiger partial charge in [0.15, 0.2) is 12.4 Å². The van der Waals surface area contributed by atoms with E-state index in [1.54, 1.807) is 24.3 Å². The number of ether oxygens (including phenoxy) is 1. The first kappa shape index (κ1) is 19.8. The molecule has 0 radical (unpaired) electrons. The SMILES string of the molecule is Cc1ccc(C(=O)CCC(=O)OCC(=O)Nc2cccc(Br)c2)cc1C. The van der Waals surface area contributed by atoms with Crippen molar-refractivity contribution in [2.24, 2.45) is 0 Å². The second kappa shape index (κ2) is 9.29. The van der Waals surface area contributed by atoms with Crippen LogP contribution in [0, 0.1) is 13.8 Å². The highest BCUT2D eigenvalue weighted by atomic mass is 79.9. The van der Waals surface area contributed by atoms with E-state index in [0.717, 1.165) is 15.6 Å². The fourth-order valence-corrected chi connectivity index (χ4v) is 2.66. The topological polar surface area (TPSA) is 72.5 Å². The highest BCUT2D eigenvalue weighted by molar-refractivity contribution is 9.10. The summed E-state index contributed by atoms with van der Waals surface area (Å²) < 4.78 is 5.75. The standard InChI is InChI=1S/C20H20BrNO4/c1-13-6-7-15(10-14(13)2)18(23)8-9-20(25)26-12-19(24)22-17-5-3-4-16(21)11-17/h3-7,10-11H,8-9,12H2,1-2H3,(H,22,24). The zero-order valence-electron chi connectivity index (χ0n) is 14.7. The largest absolute Gasteiger partial charge is 0.456 e. The predicted molar refractivity (Wildman–Crippen MR) is 103 cm³/mol. The number of hydrogen-bond donors (Lipinski definition) is 1. The number of hydrogen-bond acceptors (Lipinski definition) is 4. The second-order valence-electron chi connectivity index (χ2n) is 5.94. The minimum atomic E-state index is -0.577. The maximum Gasteiger partial charge on any atom is 0.306 e. The van der Waals surface area contributed by atoms with Crippen molar-refractivity contribution in [3.8, 4) is 0 Å². The van der Waals surface area contributed by atoms with Crippen LogP contribution in [0.2, 0.25) is 0 Å². The first-order valence-corrected chi connectivity index (χ1v) is 8.96. The van der Waals surface area contributed by atoms with Gasteiger partial charge in [-0.2, -0.15) is 0 Å². The van der Waals surface area contributed by atoms with Crippen molar-refractivity contribution >= 4 is 39.3 Å². The Bertz CT molecular complexity index is 832. The lowest BCUT2D eigenvalue weighted by atomic mass is 10.0. The average Bonchev–Trinajstić information content (AvgIpc) is 2.60. The minimum Gasteiger partial charge on any atom is -0.456 e. The first-order chi connectivity index (χ1) is 12.3.